The van der Waals surface area contributed by atoms with Gasteiger partial charge in [-0.25, -0.2) is 9.69 Å². The molecule has 4 rings (SSSR count). The Morgan fingerprint density at radius 1 is 1.02 bits per heavy atom. The van der Waals surface area contributed by atoms with Gasteiger partial charge in [0.05, 0.1) is 23.9 Å². The Balaban J connectivity index is 1.57. The smallest absolute Gasteiger partial charge is 0.335 e. The molecule has 0 bridgehead atoms. The highest BCUT2D eigenvalue weighted by atomic mass is 79.9. The van der Waals surface area contributed by atoms with Gasteiger partial charge in [0.1, 0.15) is 11.3 Å². The number of hydrogen-bond acceptors (Lipinski definition) is 7. The number of carbonyl (C=O) groups excluding carboxylic acids is 4. The predicted octanol–water partition coefficient (Wildman–Crippen LogP) is 4.85. The van der Waals surface area contributed by atoms with E-state index < -0.39 is 17.8 Å². The molecule has 0 atom stereocenters. The zero-order valence-electron chi connectivity index (χ0n) is 21.9. The van der Waals surface area contributed by atoms with Crippen LogP contribution in [0.5, 0.6) is 17.2 Å². The first-order valence-electron chi connectivity index (χ1n) is 12.2. The topological polar surface area (TPSA) is 123 Å². The summed E-state index contributed by atoms with van der Waals surface area (Å²) in [7, 11) is 1.50. The monoisotopic (exact) mass is 607 g/mol. The minimum atomic E-state index is -0.860. The molecule has 0 saturated carbocycles. The van der Waals surface area contributed by atoms with Crippen molar-refractivity contribution < 1.29 is 33.4 Å². The molecule has 1 saturated heterocycles. The number of rotatable bonds is 9. The first kappa shape index (κ1) is 28.4. The summed E-state index contributed by atoms with van der Waals surface area (Å²) >= 11 is 3.43. The van der Waals surface area contributed by atoms with Crippen molar-refractivity contribution in [3.8, 4) is 17.2 Å². The van der Waals surface area contributed by atoms with Gasteiger partial charge in [-0.1, -0.05) is 17.7 Å². The van der Waals surface area contributed by atoms with Crippen molar-refractivity contribution in [2.45, 2.75) is 13.8 Å². The number of hydrogen-bond donors (Lipinski definition) is 2. The molecule has 5 amide bonds. The average molecular weight is 608 g/mol. The molecule has 1 aliphatic heterocycles. The molecule has 0 spiro atoms. The first-order valence-corrected chi connectivity index (χ1v) is 13.0. The quantitative estimate of drug-likeness (QED) is 0.263. The largest absolute Gasteiger partial charge is 0.497 e. The fraction of sp³-hybridized carbons (Fsp3) is 0.172. The number of urea groups is 1. The molecule has 1 aliphatic rings. The van der Waals surface area contributed by atoms with Gasteiger partial charge >= 0.3 is 6.03 Å². The van der Waals surface area contributed by atoms with E-state index in [9.17, 15) is 19.2 Å². The van der Waals surface area contributed by atoms with Crippen LogP contribution in [0.25, 0.3) is 6.08 Å². The second-order valence-corrected chi connectivity index (χ2v) is 9.48. The van der Waals surface area contributed by atoms with E-state index >= 15 is 0 Å². The Morgan fingerprint density at radius 3 is 2.38 bits per heavy atom. The highest BCUT2D eigenvalue weighted by Gasteiger charge is 2.37. The molecule has 0 radical (unpaired) electrons. The fourth-order valence-corrected chi connectivity index (χ4v) is 4.41. The van der Waals surface area contributed by atoms with Crippen LogP contribution in [0.2, 0.25) is 0 Å². The van der Waals surface area contributed by atoms with Crippen molar-refractivity contribution in [2.24, 2.45) is 0 Å². The van der Waals surface area contributed by atoms with E-state index in [1.807, 2.05) is 19.1 Å². The Kier molecular flexibility index (Phi) is 8.85. The molecule has 0 unspecified atom stereocenters. The van der Waals surface area contributed by atoms with Crippen molar-refractivity contribution in [2.75, 3.05) is 30.5 Å². The number of benzene rings is 3. The molecule has 1 fully saturated rings. The van der Waals surface area contributed by atoms with Crippen molar-refractivity contribution in [3.05, 3.63) is 81.8 Å². The Bertz CT molecular complexity index is 1480. The van der Waals surface area contributed by atoms with Crippen molar-refractivity contribution in [1.82, 2.24) is 5.32 Å². The molecule has 40 heavy (non-hydrogen) atoms. The van der Waals surface area contributed by atoms with Crippen LogP contribution in [-0.2, 0) is 14.4 Å². The number of halogens is 1. The van der Waals surface area contributed by atoms with E-state index in [-0.39, 0.29) is 36.1 Å². The summed E-state index contributed by atoms with van der Waals surface area (Å²) in [5.41, 5.74) is 2.15. The number of carbonyl (C=O) groups is 4. The summed E-state index contributed by atoms with van der Waals surface area (Å²) in [4.78, 5) is 51.7. The van der Waals surface area contributed by atoms with Gasteiger partial charge in [-0.05, 0) is 89.9 Å². The lowest BCUT2D eigenvalue weighted by atomic mass is 10.1. The third-order valence-electron chi connectivity index (χ3n) is 5.76. The van der Waals surface area contributed by atoms with E-state index in [4.69, 9.17) is 14.2 Å². The Hall–Kier alpha value is -4.64. The SMILES string of the molecule is CCOc1cc(/C=C2\C(=O)NC(=O)N(c3ccc(OC)cc3)C2=O)cc(Br)c1OCC(=O)Nc1ccc(C)cc1. The molecule has 3 aromatic carbocycles. The zero-order chi connectivity index (χ0) is 28.8. The Labute approximate surface area is 239 Å². The third kappa shape index (κ3) is 6.49. The molecule has 3 aromatic rings. The van der Waals surface area contributed by atoms with E-state index in [0.29, 0.717) is 27.2 Å². The highest BCUT2D eigenvalue weighted by Crippen LogP contribution is 2.38. The maximum atomic E-state index is 13.2. The third-order valence-corrected chi connectivity index (χ3v) is 6.35. The zero-order valence-corrected chi connectivity index (χ0v) is 23.5. The standard InChI is InChI=1S/C29H26BrN3O7/c1-4-39-24-15-18(14-23(30)26(24)40-16-25(34)31-19-7-5-17(2)6-8-19)13-22-27(35)32-29(37)33(28(22)36)20-9-11-21(38-3)12-10-20/h5-15H,4,16H2,1-3H3,(H,31,34)(H,32,35,37)/b22-13+. The number of nitrogens with zero attached hydrogens (tertiary/aromatic N) is 1. The van der Waals surface area contributed by atoms with Gasteiger partial charge in [0.2, 0.25) is 0 Å². The van der Waals surface area contributed by atoms with E-state index in [2.05, 4.69) is 26.6 Å². The fourth-order valence-electron chi connectivity index (χ4n) is 3.84. The highest BCUT2D eigenvalue weighted by molar-refractivity contribution is 9.10. The van der Waals surface area contributed by atoms with E-state index in [1.165, 1.54) is 25.3 Å². The van der Waals surface area contributed by atoms with Gasteiger partial charge < -0.3 is 19.5 Å². The van der Waals surface area contributed by atoms with Crippen LogP contribution in [0, 0.1) is 6.92 Å². The van der Waals surface area contributed by atoms with Gasteiger partial charge in [-0.3, -0.25) is 19.7 Å². The summed E-state index contributed by atoms with van der Waals surface area (Å²) in [5, 5.41) is 4.96. The lowest BCUT2D eigenvalue weighted by molar-refractivity contribution is -0.122. The van der Waals surface area contributed by atoms with Gasteiger partial charge in [-0.2, -0.15) is 0 Å². The number of anilines is 2. The van der Waals surface area contributed by atoms with Crippen LogP contribution in [0.3, 0.4) is 0 Å². The van der Waals surface area contributed by atoms with Crippen LogP contribution in [-0.4, -0.2) is 44.1 Å². The number of imide groups is 2. The van der Waals surface area contributed by atoms with Gasteiger partial charge in [-0.15, -0.1) is 0 Å². The van der Waals surface area contributed by atoms with Gasteiger partial charge in [0.25, 0.3) is 17.7 Å². The summed E-state index contributed by atoms with van der Waals surface area (Å²) < 4.78 is 17.0. The molecule has 206 valence electrons. The van der Waals surface area contributed by atoms with Crippen molar-refractivity contribution in [1.29, 1.82) is 0 Å². The van der Waals surface area contributed by atoms with Gasteiger partial charge in [0, 0.05) is 5.69 Å². The molecular weight excluding hydrogens is 582 g/mol. The number of barbiturate groups is 1. The molecule has 0 aliphatic carbocycles. The minimum Gasteiger partial charge on any atom is -0.497 e. The molecule has 2 N–H and O–H groups in total. The molecular formula is C29H26BrN3O7. The lowest BCUT2D eigenvalue weighted by Gasteiger charge is -2.26. The molecule has 11 heteroatoms. The summed E-state index contributed by atoms with van der Waals surface area (Å²) in [6.07, 6.45) is 1.35. The minimum absolute atomic E-state index is 0.254. The summed E-state index contributed by atoms with van der Waals surface area (Å²) in [5.74, 6) is -0.875. The number of amides is 5. The lowest BCUT2D eigenvalue weighted by Crippen LogP contribution is -2.54. The average Bonchev–Trinajstić information content (AvgIpc) is 2.92. The molecule has 10 nitrogen and oxygen atoms in total. The maximum absolute atomic E-state index is 13.2. The van der Waals surface area contributed by atoms with Crippen LogP contribution in [0.4, 0.5) is 16.2 Å². The van der Waals surface area contributed by atoms with Crippen LogP contribution < -0.4 is 29.7 Å². The normalized spacial score (nSPS) is 14.2. The van der Waals surface area contributed by atoms with E-state index in [0.717, 1.165) is 10.5 Å². The number of nitrogens with one attached hydrogen (secondary N) is 2. The number of ether oxygens (including phenoxy) is 3. The summed E-state index contributed by atoms with van der Waals surface area (Å²) in [6, 6.07) is 16.0. The second-order valence-electron chi connectivity index (χ2n) is 8.62. The van der Waals surface area contributed by atoms with E-state index in [1.54, 1.807) is 43.3 Å². The maximum Gasteiger partial charge on any atom is 0.335 e. The van der Waals surface area contributed by atoms with Gasteiger partial charge in [0.15, 0.2) is 18.1 Å². The van der Waals surface area contributed by atoms with Crippen LogP contribution >= 0.6 is 15.9 Å². The molecule has 1 heterocycles. The predicted molar refractivity (Wildman–Crippen MR) is 153 cm³/mol. The first-order chi connectivity index (χ1) is 19.2. The van der Waals surface area contributed by atoms with Crippen molar-refractivity contribution in [3.63, 3.8) is 0 Å². The Morgan fingerprint density at radius 2 is 1.73 bits per heavy atom. The van der Waals surface area contributed by atoms with Crippen LogP contribution in [0.1, 0.15) is 18.1 Å². The number of methoxy groups -OCH3 is 1. The van der Waals surface area contributed by atoms with Crippen molar-refractivity contribution >= 4 is 57.1 Å². The summed E-state index contributed by atoms with van der Waals surface area (Å²) in [6.45, 7) is 3.74. The van der Waals surface area contributed by atoms with Crippen LogP contribution in [0.15, 0.2) is 70.7 Å². The molecule has 0 aromatic heterocycles. The number of aryl methyl sites for hydroxylation is 1. The second kappa shape index (κ2) is 12.5.